The number of hydrogen-bond acceptors (Lipinski definition) is 0. The van der Waals surface area contributed by atoms with E-state index >= 15 is 0 Å². The molecule has 0 N–H and O–H groups in total. The van der Waals surface area contributed by atoms with Crippen LogP contribution in [-0.4, -0.2) is 0 Å². The molecule has 0 heterocycles. The van der Waals surface area contributed by atoms with Gasteiger partial charge < -0.3 is 0 Å². The van der Waals surface area contributed by atoms with Gasteiger partial charge in [-0.3, -0.25) is 0 Å². The van der Waals surface area contributed by atoms with Crippen molar-refractivity contribution < 1.29 is 6.85 Å². The molecule has 0 saturated carbocycles. The smallest absolute Gasteiger partial charge is 0.0622 e. The molecule has 41 heavy (non-hydrogen) atoms. The first-order valence-electron chi connectivity index (χ1n) is 16.6. The Kier molecular flexibility index (Phi) is 3.62. The van der Waals surface area contributed by atoms with Gasteiger partial charge in [0.2, 0.25) is 0 Å². The summed E-state index contributed by atoms with van der Waals surface area (Å²) in [6, 6.07) is 35.5. The first-order chi connectivity index (χ1) is 22.1. The number of hydrogen-bond donors (Lipinski definition) is 0. The van der Waals surface area contributed by atoms with Gasteiger partial charge in [-0.25, -0.2) is 0 Å². The molecule has 0 fully saturated rings. The van der Waals surface area contributed by atoms with E-state index in [9.17, 15) is 0 Å². The van der Waals surface area contributed by atoms with Crippen LogP contribution in [0, 0.1) is 0 Å². The van der Waals surface area contributed by atoms with E-state index in [4.69, 9.17) is 6.85 Å². The largest absolute Gasteiger partial charge is 0.0629 e. The molecule has 9 rings (SSSR count). The highest BCUT2D eigenvalue weighted by molar-refractivity contribution is 6.27. The zero-order valence-corrected chi connectivity index (χ0v) is 22.8. The van der Waals surface area contributed by atoms with E-state index in [1.165, 1.54) is 33.0 Å². The van der Waals surface area contributed by atoms with Crippen molar-refractivity contribution in [2.24, 2.45) is 0 Å². The van der Waals surface area contributed by atoms with Crippen LogP contribution in [0.4, 0.5) is 0 Å². The summed E-state index contributed by atoms with van der Waals surface area (Å²) in [7, 11) is 0. The summed E-state index contributed by atoms with van der Waals surface area (Å²) in [4.78, 5) is 0. The molecular weight excluding hydrogens is 492 g/mol. The Morgan fingerprint density at radius 2 is 1.10 bits per heavy atom. The summed E-state index contributed by atoms with van der Waals surface area (Å²) in [5.41, 5.74) is 8.46. The zero-order valence-electron chi connectivity index (χ0n) is 27.8. The number of benzene rings is 8. The molecule has 0 heteroatoms. The second kappa shape index (κ2) is 8.05. The SMILES string of the molecule is [2H]c1c([2H])c([2H])c(-c2ccc3ccc4c(-c5ccc6cc7c(cc6c5)C(C)(C)c5ccccc5-7)ccc5ccc2c3c54)c([2H])c1[2H]. The number of rotatable bonds is 2. The Morgan fingerprint density at radius 1 is 0.463 bits per heavy atom. The van der Waals surface area contributed by atoms with Crippen LogP contribution in [0.3, 0.4) is 0 Å². The molecular formula is C41H28. The fourth-order valence-corrected chi connectivity index (χ4v) is 7.27. The van der Waals surface area contributed by atoms with Crippen LogP contribution in [0.1, 0.15) is 31.8 Å². The summed E-state index contributed by atoms with van der Waals surface area (Å²) in [5.74, 6) is 0. The first kappa shape index (κ1) is 18.4. The third-order valence-electron chi connectivity index (χ3n) is 9.29. The molecule has 0 atom stereocenters. The molecule has 0 aliphatic heterocycles. The monoisotopic (exact) mass is 525 g/mol. The van der Waals surface area contributed by atoms with Gasteiger partial charge in [-0.05, 0) is 106 Å². The average molecular weight is 526 g/mol. The predicted octanol–water partition coefficient (Wildman–Crippen LogP) is 11.4. The molecule has 0 spiro atoms. The summed E-state index contributed by atoms with van der Waals surface area (Å²) < 4.78 is 41.9. The van der Waals surface area contributed by atoms with Gasteiger partial charge >= 0.3 is 0 Å². The van der Waals surface area contributed by atoms with Crippen molar-refractivity contribution in [1.29, 1.82) is 0 Å². The summed E-state index contributed by atoms with van der Waals surface area (Å²) in [6.07, 6.45) is 0. The Bertz CT molecular complexity index is 2580. The Labute approximate surface area is 246 Å². The molecule has 8 aromatic carbocycles. The van der Waals surface area contributed by atoms with E-state index in [0.29, 0.717) is 5.56 Å². The predicted molar refractivity (Wildman–Crippen MR) is 176 cm³/mol. The van der Waals surface area contributed by atoms with Gasteiger partial charge in [-0.15, -0.1) is 0 Å². The van der Waals surface area contributed by atoms with Crippen LogP contribution < -0.4 is 0 Å². The van der Waals surface area contributed by atoms with Crippen molar-refractivity contribution in [2.75, 3.05) is 0 Å². The highest BCUT2D eigenvalue weighted by Crippen LogP contribution is 2.50. The van der Waals surface area contributed by atoms with Gasteiger partial charge in [-0.1, -0.05) is 129 Å². The Morgan fingerprint density at radius 3 is 1.83 bits per heavy atom. The van der Waals surface area contributed by atoms with Crippen LogP contribution in [0.5, 0.6) is 0 Å². The van der Waals surface area contributed by atoms with Gasteiger partial charge in [0.15, 0.2) is 0 Å². The fourth-order valence-electron chi connectivity index (χ4n) is 7.27. The van der Waals surface area contributed by atoms with Gasteiger partial charge in [0.25, 0.3) is 0 Å². The van der Waals surface area contributed by atoms with E-state index < -0.39 is 0 Å². The quantitative estimate of drug-likeness (QED) is 0.197. The average Bonchev–Trinajstić information content (AvgIpc) is 3.30. The molecule has 0 bridgehead atoms. The van der Waals surface area contributed by atoms with Crippen LogP contribution in [-0.2, 0) is 5.41 Å². The lowest BCUT2D eigenvalue weighted by molar-refractivity contribution is 0.661. The minimum absolute atomic E-state index is 0.0684. The third-order valence-corrected chi connectivity index (χ3v) is 9.29. The summed E-state index contributed by atoms with van der Waals surface area (Å²) in [6.45, 7) is 4.62. The van der Waals surface area contributed by atoms with Gasteiger partial charge in [-0.2, -0.15) is 0 Å². The van der Waals surface area contributed by atoms with E-state index in [1.54, 1.807) is 0 Å². The highest BCUT2D eigenvalue weighted by Gasteiger charge is 2.35. The minimum Gasteiger partial charge on any atom is -0.0622 e. The van der Waals surface area contributed by atoms with E-state index in [-0.39, 0.29) is 41.2 Å². The normalized spacial score (nSPS) is 15.5. The van der Waals surface area contributed by atoms with Crippen molar-refractivity contribution in [3.05, 3.63) is 144 Å². The van der Waals surface area contributed by atoms with Crippen LogP contribution in [0.25, 0.3) is 76.5 Å². The maximum atomic E-state index is 8.66. The first-order valence-corrected chi connectivity index (χ1v) is 14.1. The molecule has 1 aliphatic carbocycles. The highest BCUT2D eigenvalue weighted by atomic mass is 14.4. The van der Waals surface area contributed by atoms with Crippen molar-refractivity contribution in [1.82, 2.24) is 0 Å². The summed E-state index contributed by atoms with van der Waals surface area (Å²) in [5, 5.41) is 8.75. The topological polar surface area (TPSA) is 0 Å². The van der Waals surface area contributed by atoms with Gasteiger partial charge in [0.05, 0.1) is 6.85 Å². The van der Waals surface area contributed by atoms with E-state index in [2.05, 4.69) is 98.8 Å². The summed E-state index contributed by atoms with van der Waals surface area (Å²) >= 11 is 0. The van der Waals surface area contributed by atoms with Crippen molar-refractivity contribution in [3.63, 3.8) is 0 Å². The molecule has 0 nitrogen and oxygen atoms in total. The zero-order chi connectivity index (χ0) is 31.6. The van der Waals surface area contributed by atoms with Crippen molar-refractivity contribution >= 4 is 43.1 Å². The Balaban J connectivity index is 1.27. The second-order valence-corrected chi connectivity index (χ2v) is 11.8. The number of fused-ring (bicyclic) bond motifs is 4. The van der Waals surface area contributed by atoms with E-state index in [0.717, 1.165) is 43.4 Å². The lowest BCUT2D eigenvalue weighted by atomic mass is 9.81. The third kappa shape index (κ3) is 3.11. The van der Waals surface area contributed by atoms with Crippen LogP contribution in [0.2, 0.25) is 0 Å². The van der Waals surface area contributed by atoms with Gasteiger partial charge in [0.1, 0.15) is 0 Å². The molecule has 0 saturated heterocycles. The maximum Gasteiger partial charge on any atom is 0.0629 e. The molecule has 192 valence electrons. The van der Waals surface area contributed by atoms with E-state index in [1.807, 2.05) is 18.2 Å². The standard InChI is InChI=1S/C41H28/c1-41(2)37-11-7-6-10-33(37)36-23-28-12-13-29(22-30(28)24-38(36)41)32-19-15-27-16-20-34-31(25-8-4-3-5-9-25)18-14-26-17-21-35(32)40(27)39(26)34/h3-24H,1-2H3/i3D,4D,5D,8D,9D. The molecule has 0 unspecified atom stereocenters. The van der Waals surface area contributed by atoms with Crippen LogP contribution >= 0.6 is 0 Å². The van der Waals surface area contributed by atoms with Crippen molar-refractivity contribution in [3.8, 4) is 33.4 Å². The van der Waals surface area contributed by atoms with Gasteiger partial charge in [0, 0.05) is 5.41 Å². The molecule has 0 amide bonds. The minimum atomic E-state index is -0.380. The molecule has 0 aromatic heterocycles. The lowest BCUT2D eigenvalue weighted by Crippen LogP contribution is -2.14. The van der Waals surface area contributed by atoms with Crippen LogP contribution in [0.15, 0.2) is 133 Å². The fraction of sp³-hybridized carbons (Fsp3) is 0.0732. The van der Waals surface area contributed by atoms with Crippen molar-refractivity contribution in [2.45, 2.75) is 19.3 Å². The molecule has 8 aromatic rings. The Hall–Kier alpha value is -4.94. The maximum absolute atomic E-state index is 8.66. The molecule has 0 radical (unpaired) electrons. The second-order valence-electron chi connectivity index (χ2n) is 11.8. The molecule has 1 aliphatic rings. The lowest BCUT2D eigenvalue weighted by Gasteiger charge is -2.21.